The van der Waals surface area contributed by atoms with Crippen LogP contribution in [0.3, 0.4) is 0 Å². The number of amides is 1. The Kier molecular flexibility index (Phi) is 7.95. The molecule has 0 bridgehead atoms. The highest BCUT2D eigenvalue weighted by molar-refractivity contribution is 5.68. The molecule has 1 aliphatic heterocycles. The second-order valence-corrected chi connectivity index (χ2v) is 7.13. The molecule has 0 aromatic heterocycles. The lowest BCUT2D eigenvalue weighted by atomic mass is 9.90. The van der Waals surface area contributed by atoms with E-state index in [9.17, 15) is 4.79 Å². The third-order valence-electron chi connectivity index (χ3n) is 5.26. The van der Waals surface area contributed by atoms with E-state index in [1.54, 1.807) is 12.0 Å². The summed E-state index contributed by atoms with van der Waals surface area (Å²) in [6.07, 6.45) is 5.50. The lowest BCUT2D eigenvalue weighted by molar-refractivity contribution is -0.106. The van der Waals surface area contributed by atoms with Gasteiger partial charge in [0.1, 0.15) is 6.29 Å². The first kappa shape index (κ1) is 21.1. The zero-order valence-corrected chi connectivity index (χ0v) is 16.8. The maximum atomic E-state index is 11.8. The van der Waals surface area contributed by atoms with Crippen molar-refractivity contribution >= 4 is 12.4 Å². The van der Waals surface area contributed by atoms with Gasteiger partial charge in [0.05, 0.1) is 20.3 Å². The molecule has 2 aliphatic rings. The van der Waals surface area contributed by atoms with Gasteiger partial charge in [-0.25, -0.2) is 4.79 Å². The van der Waals surface area contributed by atoms with E-state index < -0.39 is 0 Å². The third-order valence-corrected chi connectivity index (χ3v) is 5.26. The molecule has 0 unspecified atom stereocenters. The first-order valence-electron chi connectivity index (χ1n) is 9.61. The number of carbonyl (C=O) groups excluding carboxylic acids is 2. The van der Waals surface area contributed by atoms with E-state index in [0.29, 0.717) is 24.5 Å². The highest BCUT2D eigenvalue weighted by Crippen LogP contribution is 2.38. The summed E-state index contributed by atoms with van der Waals surface area (Å²) in [5.41, 5.74) is 1.20. The minimum atomic E-state index is -0.250. The van der Waals surface area contributed by atoms with Crippen LogP contribution >= 0.6 is 0 Å². The maximum Gasteiger partial charge on any atom is 0.409 e. The number of hydrogen-bond acceptors (Lipinski definition) is 5. The molecule has 1 aromatic carbocycles. The van der Waals surface area contributed by atoms with Crippen molar-refractivity contribution in [3.8, 4) is 11.5 Å². The zero-order valence-electron chi connectivity index (χ0n) is 16.8. The van der Waals surface area contributed by atoms with Gasteiger partial charge in [0, 0.05) is 19.0 Å². The van der Waals surface area contributed by atoms with Crippen molar-refractivity contribution in [1.29, 1.82) is 0 Å². The standard InChI is InChI=1S/C19H27NO4.C2H4O/c1-13-11-20(19(21)23-3)12-16(13)14-8-9-17(22-2)18(10-14)24-15-6-4-5-7-15;1-2-3/h8-10,13,15-16H,4-7,11-12H2,1-3H3;2H,1H3/t13-,16+;/m0./s1. The summed E-state index contributed by atoms with van der Waals surface area (Å²) in [4.78, 5) is 22.4. The quantitative estimate of drug-likeness (QED) is 0.742. The SMILES string of the molecule is CC=O.COC(=O)N1C[C@H](C)[C@H](c2ccc(OC)c(OC3CCCC3)c2)C1. The molecular weight excluding hydrogens is 346 g/mol. The minimum Gasteiger partial charge on any atom is -0.493 e. The van der Waals surface area contributed by atoms with Gasteiger partial charge in [-0.2, -0.15) is 0 Å². The van der Waals surface area contributed by atoms with Crippen LogP contribution < -0.4 is 9.47 Å². The molecule has 0 radical (unpaired) electrons. The van der Waals surface area contributed by atoms with Gasteiger partial charge in [-0.15, -0.1) is 0 Å². The Balaban J connectivity index is 0.000000817. The Morgan fingerprint density at radius 2 is 1.81 bits per heavy atom. The van der Waals surface area contributed by atoms with Crippen molar-refractivity contribution in [3.05, 3.63) is 23.8 Å². The Morgan fingerprint density at radius 3 is 2.41 bits per heavy atom. The van der Waals surface area contributed by atoms with Gasteiger partial charge >= 0.3 is 6.09 Å². The van der Waals surface area contributed by atoms with Crippen LogP contribution in [-0.4, -0.2) is 50.7 Å². The predicted molar refractivity (Wildman–Crippen MR) is 103 cm³/mol. The number of hydrogen-bond donors (Lipinski definition) is 0. The molecule has 2 atom stereocenters. The molecule has 0 N–H and O–H groups in total. The van der Waals surface area contributed by atoms with Crippen molar-refractivity contribution in [1.82, 2.24) is 4.90 Å². The highest BCUT2D eigenvalue weighted by Gasteiger charge is 2.34. The topological polar surface area (TPSA) is 65.1 Å². The molecule has 27 heavy (non-hydrogen) atoms. The van der Waals surface area contributed by atoms with Crippen molar-refractivity contribution in [3.63, 3.8) is 0 Å². The van der Waals surface area contributed by atoms with Crippen LogP contribution in [0.15, 0.2) is 18.2 Å². The average Bonchev–Trinajstić information content (AvgIpc) is 3.31. The van der Waals surface area contributed by atoms with Crippen LogP contribution in [0.25, 0.3) is 0 Å². The first-order valence-corrected chi connectivity index (χ1v) is 9.61. The number of carbonyl (C=O) groups is 2. The molecule has 150 valence electrons. The predicted octanol–water partition coefficient (Wildman–Crippen LogP) is 4.02. The van der Waals surface area contributed by atoms with Gasteiger partial charge in [-0.3, -0.25) is 0 Å². The molecular formula is C21H31NO5. The monoisotopic (exact) mass is 377 g/mol. The summed E-state index contributed by atoms with van der Waals surface area (Å²) in [6.45, 7) is 5.03. The number of methoxy groups -OCH3 is 2. The van der Waals surface area contributed by atoms with E-state index in [-0.39, 0.29) is 6.09 Å². The van der Waals surface area contributed by atoms with E-state index in [4.69, 9.17) is 19.0 Å². The van der Waals surface area contributed by atoms with E-state index in [1.165, 1.54) is 32.4 Å². The van der Waals surface area contributed by atoms with Crippen LogP contribution in [0.5, 0.6) is 11.5 Å². The van der Waals surface area contributed by atoms with Crippen LogP contribution in [0.2, 0.25) is 0 Å². The van der Waals surface area contributed by atoms with Crippen molar-refractivity contribution in [2.75, 3.05) is 27.3 Å². The average molecular weight is 377 g/mol. The summed E-state index contributed by atoms with van der Waals surface area (Å²) in [6, 6.07) is 6.16. The maximum absolute atomic E-state index is 11.8. The van der Waals surface area contributed by atoms with Gasteiger partial charge in [-0.1, -0.05) is 13.0 Å². The number of benzene rings is 1. The molecule has 0 spiro atoms. The summed E-state index contributed by atoms with van der Waals surface area (Å²) in [5, 5.41) is 0. The smallest absolute Gasteiger partial charge is 0.409 e. The third kappa shape index (κ3) is 5.37. The molecule has 1 heterocycles. The fourth-order valence-corrected chi connectivity index (χ4v) is 3.88. The molecule has 1 aromatic rings. The van der Waals surface area contributed by atoms with Crippen molar-refractivity contribution in [2.24, 2.45) is 5.92 Å². The van der Waals surface area contributed by atoms with Crippen molar-refractivity contribution < 1.29 is 23.8 Å². The Bertz CT molecular complexity index is 627. The number of nitrogens with zero attached hydrogens (tertiary/aromatic N) is 1. The first-order chi connectivity index (χ1) is 13.0. The Labute approximate surface area is 161 Å². The van der Waals surface area contributed by atoms with Crippen molar-refractivity contribution in [2.45, 2.75) is 51.6 Å². The molecule has 6 heteroatoms. The van der Waals surface area contributed by atoms with E-state index in [2.05, 4.69) is 19.1 Å². The number of rotatable bonds is 4. The van der Waals surface area contributed by atoms with Gasteiger partial charge < -0.3 is 23.9 Å². The van der Waals surface area contributed by atoms with Crippen LogP contribution in [0.4, 0.5) is 4.79 Å². The fourth-order valence-electron chi connectivity index (χ4n) is 3.88. The molecule has 1 saturated carbocycles. The fraction of sp³-hybridized carbons (Fsp3) is 0.619. The summed E-state index contributed by atoms with van der Waals surface area (Å²) < 4.78 is 16.5. The summed E-state index contributed by atoms with van der Waals surface area (Å²) >= 11 is 0. The Morgan fingerprint density at radius 1 is 1.15 bits per heavy atom. The number of likely N-dealkylation sites (tertiary alicyclic amines) is 1. The summed E-state index contributed by atoms with van der Waals surface area (Å²) in [5.74, 6) is 2.28. The molecule has 1 amide bonds. The highest BCUT2D eigenvalue weighted by atomic mass is 16.5. The number of aldehydes is 1. The largest absolute Gasteiger partial charge is 0.493 e. The van der Waals surface area contributed by atoms with Gasteiger partial charge in [-0.05, 0) is 56.2 Å². The van der Waals surface area contributed by atoms with Crippen LogP contribution in [0, 0.1) is 5.92 Å². The zero-order chi connectivity index (χ0) is 19.8. The molecule has 1 saturated heterocycles. The van der Waals surface area contributed by atoms with Crippen LogP contribution in [0.1, 0.15) is 51.0 Å². The van der Waals surface area contributed by atoms with E-state index in [0.717, 1.165) is 37.2 Å². The molecule has 3 rings (SSSR count). The molecule has 1 aliphatic carbocycles. The van der Waals surface area contributed by atoms with Crippen LogP contribution in [-0.2, 0) is 9.53 Å². The molecule has 6 nitrogen and oxygen atoms in total. The van der Waals surface area contributed by atoms with E-state index in [1.807, 2.05) is 6.07 Å². The van der Waals surface area contributed by atoms with Gasteiger partial charge in [0.15, 0.2) is 11.5 Å². The summed E-state index contributed by atoms with van der Waals surface area (Å²) in [7, 11) is 3.11. The second-order valence-electron chi connectivity index (χ2n) is 7.13. The number of ether oxygens (including phenoxy) is 3. The van der Waals surface area contributed by atoms with E-state index >= 15 is 0 Å². The minimum absolute atomic E-state index is 0.250. The lowest BCUT2D eigenvalue weighted by Gasteiger charge is -2.20. The van der Waals surface area contributed by atoms with Gasteiger partial charge in [0.25, 0.3) is 0 Å². The lowest BCUT2D eigenvalue weighted by Crippen LogP contribution is -2.28. The second kappa shape index (κ2) is 10.2. The Hall–Kier alpha value is -2.24. The molecule has 2 fully saturated rings. The van der Waals surface area contributed by atoms with Gasteiger partial charge in [0.2, 0.25) is 0 Å². The normalized spacial score (nSPS) is 22.0.